The van der Waals surface area contributed by atoms with Crippen LogP contribution in [0.5, 0.6) is 0 Å². The predicted molar refractivity (Wildman–Crippen MR) is 101 cm³/mol. The Morgan fingerprint density at radius 1 is 0.920 bits per heavy atom. The molecule has 0 aliphatic rings. The van der Waals surface area contributed by atoms with Gasteiger partial charge in [0.15, 0.2) is 0 Å². The quantitative estimate of drug-likeness (QED) is 0.704. The Morgan fingerprint density at radius 2 is 1.56 bits per heavy atom. The summed E-state index contributed by atoms with van der Waals surface area (Å²) in [5, 5.41) is 6.41. The topological polar surface area (TPSA) is 58.2 Å². The standard InChI is InChI=1S/C20H23ClN2O2/c1-2-3-11-22-19(24)16-7-5-8-17(14-16)20(25)23-12-10-15-6-4-9-18(21)13-15/h4-9,13-14H,2-3,10-12H2,1H3,(H,22,24)(H,23,25). The third kappa shape index (κ3) is 6.24. The van der Waals surface area contributed by atoms with Crippen LogP contribution in [0.25, 0.3) is 0 Å². The number of halogens is 1. The van der Waals surface area contributed by atoms with Crippen LogP contribution in [0.15, 0.2) is 48.5 Å². The van der Waals surface area contributed by atoms with Gasteiger partial charge >= 0.3 is 0 Å². The Labute approximate surface area is 153 Å². The van der Waals surface area contributed by atoms with Crippen LogP contribution in [0.1, 0.15) is 46.0 Å². The monoisotopic (exact) mass is 358 g/mol. The molecule has 0 aliphatic heterocycles. The van der Waals surface area contributed by atoms with Gasteiger partial charge in [0.05, 0.1) is 0 Å². The molecule has 0 saturated heterocycles. The smallest absolute Gasteiger partial charge is 0.251 e. The summed E-state index contributed by atoms with van der Waals surface area (Å²) in [5.74, 6) is -0.340. The van der Waals surface area contributed by atoms with Crippen molar-refractivity contribution in [1.82, 2.24) is 10.6 Å². The largest absolute Gasteiger partial charge is 0.352 e. The number of nitrogens with one attached hydrogen (secondary N) is 2. The molecule has 0 aliphatic carbocycles. The molecule has 0 radical (unpaired) electrons. The molecule has 4 nitrogen and oxygen atoms in total. The van der Waals surface area contributed by atoms with Crippen LogP contribution in [0.2, 0.25) is 5.02 Å². The van der Waals surface area contributed by atoms with Crippen molar-refractivity contribution in [3.63, 3.8) is 0 Å². The lowest BCUT2D eigenvalue weighted by molar-refractivity contribution is 0.0952. The highest BCUT2D eigenvalue weighted by Gasteiger charge is 2.10. The lowest BCUT2D eigenvalue weighted by Gasteiger charge is -2.08. The maximum atomic E-state index is 12.3. The van der Waals surface area contributed by atoms with Gasteiger partial charge in [-0.25, -0.2) is 0 Å². The Hall–Kier alpha value is -2.33. The molecule has 132 valence electrons. The second-order valence-electron chi connectivity index (χ2n) is 5.83. The van der Waals surface area contributed by atoms with Crippen LogP contribution in [0.4, 0.5) is 0 Å². The van der Waals surface area contributed by atoms with Crippen LogP contribution >= 0.6 is 11.6 Å². The number of amides is 2. The first-order valence-electron chi connectivity index (χ1n) is 8.51. The van der Waals surface area contributed by atoms with Gasteiger partial charge in [-0.05, 0) is 48.7 Å². The lowest BCUT2D eigenvalue weighted by Crippen LogP contribution is -2.27. The van der Waals surface area contributed by atoms with E-state index in [-0.39, 0.29) is 11.8 Å². The van der Waals surface area contributed by atoms with Crippen molar-refractivity contribution < 1.29 is 9.59 Å². The molecular formula is C20H23ClN2O2. The number of benzene rings is 2. The predicted octanol–water partition coefficient (Wildman–Crippen LogP) is 3.84. The average molecular weight is 359 g/mol. The van der Waals surface area contributed by atoms with Crippen LogP contribution in [-0.4, -0.2) is 24.9 Å². The van der Waals surface area contributed by atoms with Gasteiger partial charge in [-0.15, -0.1) is 0 Å². The highest BCUT2D eigenvalue weighted by Crippen LogP contribution is 2.11. The first-order valence-corrected chi connectivity index (χ1v) is 8.89. The molecular weight excluding hydrogens is 336 g/mol. The third-order valence-corrected chi connectivity index (χ3v) is 4.03. The van der Waals surface area contributed by atoms with Crippen LogP contribution in [-0.2, 0) is 6.42 Å². The van der Waals surface area contributed by atoms with E-state index in [0.29, 0.717) is 35.7 Å². The second-order valence-corrected chi connectivity index (χ2v) is 6.26. The van der Waals surface area contributed by atoms with Crippen molar-refractivity contribution in [2.75, 3.05) is 13.1 Å². The van der Waals surface area contributed by atoms with E-state index in [1.807, 2.05) is 24.3 Å². The molecule has 2 N–H and O–H groups in total. The summed E-state index contributed by atoms with van der Waals surface area (Å²) in [4.78, 5) is 24.3. The molecule has 2 aromatic rings. The van der Waals surface area contributed by atoms with E-state index in [0.717, 1.165) is 18.4 Å². The van der Waals surface area contributed by atoms with Gasteiger partial charge in [0.2, 0.25) is 0 Å². The molecule has 2 aromatic carbocycles. The summed E-state index contributed by atoms with van der Waals surface area (Å²) in [6, 6.07) is 14.3. The Bertz CT molecular complexity index is 731. The van der Waals surface area contributed by atoms with Crippen molar-refractivity contribution in [2.24, 2.45) is 0 Å². The number of carbonyl (C=O) groups is 2. The van der Waals surface area contributed by atoms with Gasteiger partial charge in [-0.1, -0.05) is 43.1 Å². The van der Waals surface area contributed by atoms with E-state index in [1.165, 1.54) is 0 Å². The van der Waals surface area contributed by atoms with E-state index in [2.05, 4.69) is 17.6 Å². The van der Waals surface area contributed by atoms with Crippen molar-refractivity contribution in [1.29, 1.82) is 0 Å². The summed E-state index contributed by atoms with van der Waals surface area (Å²) in [6.45, 7) is 3.22. The number of rotatable bonds is 8. The summed E-state index contributed by atoms with van der Waals surface area (Å²) in [6.07, 6.45) is 2.66. The molecule has 0 atom stereocenters. The summed E-state index contributed by atoms with van der Waals surface area (Å²) < 4.78 is 0. The van der Waals surface area contributed by atoms with E-state index >= 15 is 0 Å². The zero-order valence-electron chi connectivity index (χ0n) is 14.3. The first-order chi connectivity index (χ1) is 12.1. The highest BCUT2D eigenvalue weighted by atomic mass is 35.5. The molecule has 2 amide bonds. The number of unbranched alkanes of at least 4 members (excludes halogenated alkanes) is 1. The van der Waals surface area contributed by atoms with E-state index in [1.54, 1.807) is 24.3 Å². The fourth-order valence-electron chi connectivity index (χ4n) is 2.40. The first kappa shape index (κ1) is 19.0. The maximum absolute atomic E-state index is 12.3. The molecule has 2 rings (SSSR count). The zero-order chi connectivity index (χ0) is 18.1. The van der Waals surface area contributed by atoms with Gasteiger partial charge in [0, 0.05) is 29.2 Å². The van der Waals surface area contributed by atoms with Crippen molar-refractivity contribution in [3.05, 3.63) is 70.2 Å². The Kier molecular flexibility index (Phi) is 7.48. The SMILES string of the molecule is CCCCNC(=O)c1cccc(C(=O)NCCc2cccc(Cl)c2)c1. The molecule has 0 saturated carbocycles. The zero-order valence-corrected chi connectivity index (χ0v) is 15.1. The minimum Gasteiger partial charge on any atom is -0.352 e. The molecule has 0 spiro atoms. The Balaban J connectivity index is 1.88. The van der Waals surface area contributed by atoms with Crippen molar-refractivity contribution >= 4 is 23.4 Å². The second kappa shape index (κ2) is 9.84. The van der Waals surface area contributed by atoms with Crippen molar-refractivity contribution in [2.45, 2.75) is 26.2 Å². The van der Waals surface area contributed by atoms with E-state index in [9.17, 15) is 9.59 Å². The number of hydrogen-bond acceptors (Lipinski definition) is 2. The number of carbonyl (C=O) groups excluding carboxylic acids is 2. The molecule has 0 aromatic heterocycles. The molecule has 25 heavy (non-hydrogen) atoms. The average Bonchev–Trinajstić information content (AvgIpc) is 2.62. The summed E-state index contributed by atoms with van der Waals surface area (Å²) >= 11 is 5.95. The van der Waals surface area contributed by atoms with Gasteiger partial charge in [0.1, 0.15) is 0 Å². The fraction of sp³-hybridized carbons (Fsp3) is 0.300. The van der Waals surface area contributed by atoms with Gasteiger partial charge in [-0.2, -0.15) is 0 Å². The molecule has 0 unspecified atom stereocenters. The van der Waals surface area contributed by atoms with Crippen LogP contribution in [0.3, 0.4) is 0 Å². The summed E-state index contributed by atoms with van der Waals surface area (Å²) in [5.41, 5.74) is 2.05. The highest BCUT2D eigenvalue weighted by molar-refractivity contribution is 6.30. The van der Waals surface area contributed by atoms with Crippen LogP contribution in [0, 0.1) is 0 Å². The number of hydrogen-bond donors (Lipinski definition) is 2. The van der Waals surface area contributed by atoms with E-state index in [4.69, 9.17) is 11.6 Å². The molecule has 5 heteroatoms. The minimum atomic E-state index is -0.190. The van der Waals surface area contributed by atoms with E-state index < -0.39 is 0 Å². The summed E-state index contributed by atoms with van der Waals surface area (Å²) in [7, 11) is 0. The van der Waals surface area contributed by atoms with Crippen molar-refractivity contribution in [3.8, 4) is 0 Å². The Morgan fingerprint density at radius 3 is 2.20 bits per heavy atom. The molecule has 0 fully saturated rings. The van der Waals surface area contributed by atoms with Gasteiger partial charge in [0.25, 0.3) is 11.8 Å². The molecule has 0 bridgehead atoms. The fourth-order valence-corrected chi connectivity index (χ4v) is 2.61. The lowest BCUT2D eigenvalue weighted by atomic mass is 10.1. The maximum Gasteiger partial charge on any atom is 0.251 e. The van der Waals surface area contributed by atoms with Crippen LogP contribution < -0.4 is 10.6 Å². The van der Waals surface area contributed by atoms with Gasteiger partial charge < -0.3 is 10.6 Å². The minimum absolute atomic E-state index is 0.151. The van der Waals surface area contributed by atoms with Gasteiger partial charge in [-0.3, -0.25) is 9.59 Å². The molecule has 0 heterocycles. The normalized spacial score (nSPS) is 10.3. The third-order valence-electron chi connectivity index (χ3n) is 3.79.